The van der Waals surface area contributed by atoms with E-state index in [-0.39, 0.29) is 10.7 Å². The van der Waals surface area contributed by atoms with Crippen molar-refractivity contribution in [2.75, 3.05) is 31.9 Å². The summed E-state index contributed by atoms with van der Waals surface area (Å²) in [6.07, 6.45) is 0.671. The van der Waals surface area contributed by atoms with Gasteiger partial charge in [-0.25, -0.2) is 4.39 Å². The molecule has 0 bridgehead atoms. The first-order valence-corrected chi connectivity index (χ1v) is 7.52. The van der Waals surface area contributed by atoms with E-state index in [2.05, 4.69) is 10.0 Å². The molecule has 0 fully saturated rings. The molecule has 2 N–H and O–H groups in total. The van der Waals surface area contributed by atoms with Gasteiger partial charge in [-0.15, -0.1) is 0 Å². The van der Waals surface area contributed by atoms with Gasteiger partial charge in [0, 0.05) is 13.6 Å². The van der Waals surface area contributed by atoms with Gasteiger partial charge in [-0.3, -0.25) is 4.72 Å². The van der Waals surface area contributed by atoms with Crippen molar-refractivity contribution in [2.45, 2.75) is 6.42 Å². The second-order valence-electron chi connectivity index (χ2n) is 4.01. The Kier molecular flexibility index (Phi) is 5.99. The van der Waals surface area contributed by atoms with Crippen LogP contribution in [0.5, 0.6) is 0 Å². The topological polar surface area (TPSA) is 61.4 Å². The maximum Gasteiger partial charge on any atom is 0.301 e. The molecule has 1 rings (SSSR count). The van der Waals surface area contributed by atoms with E-state index in [1.165, 1.54) is 13.1 Å². The SMILES string of the molecule is CNCCCN(C)S(=O)(=O)Nc1cc(F)ccc1Cl. The molecule has 0 aliphatic carbocycles. The molecule has 5 nitrogen and oxygen atoms in total. The number of hydrogen-bond donors (Lipinski definition) is 2. The van der Waals surface area contributed by atoms with Gasteiger partial charge in [0.2, 0.25) is 0 Å². The molecule has 108 valence electrons. The predicted molar refractivity (Wildman–Crippen MR) is 75.1 cm³/mol. The van der Waals surface area contributed by atoms with Crippen LogP contribution in [0.2, 0.25) is 5.02 Å². The first-order chi connectivity index (χ1) is 8.86. The average molecular weight is 310 g/mol. The van der Waals surface area contributed by atoms with Crippen molar-refractivity contribution in [3.8, 4) is 0 Å². The van der Waals surface area contributed by atoms with Gasteiger partial charge in [-0.1, -0.05) is 11.6 Å². The fraction of sp³-hybridized carbons (Fsp3) is 0.455. The molecule has 1 aromatic carbocycles. The van der Waals surface area contributed by atoms with Gasteiger partial charge < -0.3 is 5.32 Å². The summed E-state index contributed by atoms with van der Waals surface area (Å²) >= 11 is 5.81. The minimum Gasteiger partial charge on any atom is -0.320 e. The number of halogens is 2. The highest BCUT2D eigenvalue weighted by Crippen LogP contribution is 2.23. The highest BCUT2D eigenvalue weighted by atomic mass is 35.5. The summed E-state index contributed by atoms with van der Waals surface area (Å²) in [7, 11) is -0.488. The minimum atomic E-state index is -3.73. The molecule has 0 heterocycles. The Morgan fingerprint density at radius 1 is 1.42 bits per heavy atom. The van der Waals surface area contributed by atoms with Crippen LogP contribution >= 0.6 is 11.6 Å². The van der Waals surface area contributed by atoms with Crippen molar-refractivity contribution in [1.82, 2.24) is 9.62 Å². The third-order valence-electron chi connectivity index (χ3n) is 2.48. The maximum absolute atomic E-state index is 13.1. The summed E-state index contributed by atoms with van der Waals surface area (Å²) in [6.45, 7) is 1.06. The van der Waals surface area contributed by atoms with E-state index in [1.807, 2.05) is 0 Å². The molecule has 0 amide bonds. The van der Waals surface area contributed by atoms with E-state index in [0.717, 1.165) is 16.4 Å². The van der Waals surface area contributed by atoms with Crippen molar-refractivity contribution < 1.29 is 12.8 Å². The van der Waals surface area contributed by atoms with Crippen molar-refractivity contribution in [3.63, 3.8) is 0 Å². The van der Waals surface area contributed by atoms with Gasteiger partial charge >= 0.3 is 10.2 Å². The average Bonchev–Trinajstić information content (AvgIpc) is 2.33. The molecule has 8 heteroatoms. The number of nitrogens with zero attached hydrogens (tertiary/aromatic N) is 1. The Morgan fingerprint density at radius 2 is 2.11 bits per heavy atom. The standard InChI is InChI=1S/C11H17ClFN3O2S/c1-14-6-3-7-16(2)19(17,18)15-11-8-9(13)4-5-10(11)12/h4-5,8,14-15H,3,6-7H2,1-2H3. The molecule has 0 spiro atoms. The van der Waals surface area contributed by atoms with Crippen molar-refractivity contribution in [3.05, 3.63) is 29.0 Å². The molecule has 19 heavy (non-hydrogen) atoms. The third-order valence-corrected chi connectivity index (χ3v) is 4.29. The van der Waals surface area contributed by atoms with Crippen molar-refractivity contribution >= 4 is 27.5 Å². The summed E-state index contributed by atoms with van der Waals surface area (Å²) in [5.74, 6) is -0.556. The molecule has 0 radical (unpaired) electrons. The smallest absolute Gasteiger partial charge is 0.301 e. The van der Waals surface area contributed by atoms with Crippen LogP contribution in [0.15, 0.2) is 18.2 Å². The van der Waals surface area contributed by atoms with Gasteiger partial charge in [-0.2, -0.15) is 12.7 Å². The maximum atomic E-state index is 13.1. The molecule has 0 aliphatic heterocycles. The highest BCUT2D eigenvalue weighted by Gasteiger charge is 2.18. The van der Waals surface area contributed by atoms with Gasteiger partial charge in [-0.05, 0) is 38.2 Å². The van der Waals surface area contributed by atoms with Gasteiger partial charge in [0.05, 0.1) is 10.7 Å². The van der Waals surface area contributed by atoms with Crippen LogP contribution in [0.1, 0.15) is 6.42 Å². The van der Waals surface area contributed by atoms with E-state index in [1.54, 1.807) is 7.05 Å². The molecule has 0 saturated carbocycles. The van der Waals surface area contributed by atoms with Crippen LogP contribution in [0, 0.1) is 5.82 Å². The summed E-state index contributed by atoms with van der Waals surface area (Å²) in [5.41, 5.74) is 0.0298. The van der Waals surface area contributed by atoms with E-state index >= 15 is 0 Å². The van der Waals surface area contributed by atoms with E-state index in [4.69, 9.17) is 11.6 Å². The normalized spacial score (nSPS) is 11.8. The van der Waals surface area contributed by atoms with Crippen molar-refractivity contribution in [2.24, 2.45) is 0 Å². The fourth-order valence-electron chi connectivity index (χ4n) is 1.39. The van der Waals surface area contributed by atoms with Crippen LogP contribution < -0.4 is 10.0 Å². The van der Waals surface area contributed by atoms with Crippen LogP contribution in [0.4, 0.5) is 10.1 Å². The Balaban J connectivity index is 2.75. The predicted octanol–water partition coefficient (Wildman–Crippen LogP) is 1.68. The molecule has 0 saturated heterocycles. The first kappa shape index (κ1) is 16.2. The lowest BCUT2D eigenvalue weighted by Gasteiger charge is -2.18. The second-order valence-corrected chi connectivity index (χ2v) is 6.19. The Hall–Kier alpha value is -0.890. The highest BCUT2D eigenvalue weighted by molar-refractivity contribution is 7.90. The third kappa shape index (κ3) is 4.94. The zero-order chi connectivity index (χ0) is 14.5. The fourth-order valence-corrected chi connectivity index (χ4v) is 2.58. The van der Waals surface area contributed by atoms with Crippen LogP contribution in [0.3, 0.4) is 0 Å². The first-order valence-electron chi connectivity index (χ1n) is 5.70. The quantitative estimate of drug-likeness (QED) is 0.753. The summed E-state index contributed by atoms with van der Waals surface area (Å²) < 4.78 is 40.4. The van der Waals surface area contributed by atoms with Crippen LogP contribution in [-0.4, -0.2) is 39.9 Å². The minimum absolute atomic E-state index is 0.0298. The molecule has 1 aromatic rings. The molecular formula is C11H17ClFN3O2S. The lowest BCUT2D eigenvalue weighted by Crippen LogP contribution is -2.34. The number of rotatable bonds is 7. The van der Waals surface area contributed by atoms with E-state index < -0.39 is 16.0 Å². The zero-order valence-corrected chi connectivity index (χ0v) is 12.4. The van der Waals surface area contributed by atoms with Gasteiger partial charge in [0.1, 0.15) is 5.82 Å². The van der Waals surface area contributed by atoms with Crippen molar-refractivity contribution in [1.29, 1.82) is 0 Å². The number of anilines is 1. The van der Waals surface area contributed by atoms with Gasteiger partial charge in [0.15, 0.2) is 0 Å². The summed E-state index contributed by atoms with van der Waals surface area (Å²) in [4.78, 5) is 0. The van der Waals surface area contributed by atoms with Crippen LogP contribution in [-0.2, 0) is 10.2 Å². The molecule has 0 aliphatic rings. The zero-order valence-electron chi connectivity index (χ0n) is 10.8. The number of nitrogens with one attached hydrogen (secondary N) is 2. The lowest BCUT2D eigenvalue weighted by molar-refractivity contribution is 0.462. The van der Waals surface area contributed by atoms with E-state index in [9.17, 15) is 12.8 Å². The Morgan fingerprint density at radius 3 is 2.74 bits per heavy atom. The monoisotopic (exact) mass is 309 g/mol. The Bertz CT molecular complexity index is 525. The second kappa shape index (κ2) is 7.04. The van der Waals surface area contributed by atoms with Gasteiger partial charge in [0.25, 0.3) is 0 Å². The molecular weight excluding hydrogens is 293 g/mol. The Labute approximate surface area is 117 Å². The molecule has 0 aromatic heterocycles. The molecule has 0 unspecified atom stereocenters. The number of hydrogen-bond acceptors (Lipinski definition) is 3. The summed E-state index contributed by atoms with van der Waals surface area (Å²) in [6, 6.07) is 3.51. The number of benzene rings is 1. The largest absolute Gasteiger partial charge is 0.320 e. The lowest BCUT2D eigenvalue weighted by atomic mass is 10.3. The van der Waals surface area contributed by atoms with Crippen LogP contribution in [0.25, 0.3) is 0 Å². The van der Waals surface area contributed by atoms with E-state index in [0.29, 0.717) is 19.5 Å². The summed E-state index contributed by atoms with van der Waals surface area (Å²) in [5, 5.41) is 3.08. The molecule has 0 atom stereocenters.